The van der Waals surface area contributed by atoms with Gasteiger partial charge in [0.25, 0.3) is 0 Å². The first-order chi connectivity index (χ1) is 7.24. The average molecular weight is 227 g/mol. The van der Waals surface area contributed by atoms with Gasteiger partial charge >= 0.3 is 0 Å². The van der Waals surface area contributed by atoms with Crippen LogP contribution in [0.5, 0.6) is 0 Å². The van der Waals surface area contributed by atoms with Gasteiger partial charge in [-0.3, -0.25) is 0 Å². The highest BCUT2D eigenvalue weighted by molar-refractivity contribution is 6.29. The summed E-state index contributed by atoms with van der Waals surface area (Å²) >= 11 is 5.79. The average Bonchev–Trinajstić information content (AvgIpc) is 2.22. The number of aliphatic hydroxyl groups is 1. The number of aromatic nitrogens is 1. The van der Waals surface area contributed by atoms with Crippen molar-refractivity contribution in [3.63, 3.8) is 0 Å². The number of pyridine rings is 1. The topological polar surface area (TPSA) is 45.1 Å². The van der Waals surface area contributed by atoms with Gasteiger partial charge in [0.15, 0.2) is 0 Å². The lowest BCUT2D eigenvalue weighted by Crippen LogP contribution is -2.28. The number of aliphatic hydroxyl groups excluding tert-OH is 1. The normalized spacial score (nSPS) is 26.3. The van der Waals surface area contributed by atoms with Gasteiger partial charge < -0.3 is 10.4 Å². The third-order valence-corrected chi connectivity index (χ3v) is 3.00. The van der Waals surface area contributed by atoms with Crippen LogP contribution >= 0.6 is 11.6 Å². The highest BCUT2D eigenvalue weighted by Gasteiger charge is 2.18. The SMILES string of the molecule is OC1CCC(Nc2ccnc(Cl)c2)CC1. The minimum Gasteiger partial charge on any atom is -0.393 e. The smallest absolute Gasteiger partial charge is 0.131 e. The first-order valence-corrected chi connectivity index (χ1v) is 5.68. The molecule has 4 heteroatoms. The van der Waals surface area contributed by atoms with Crippen molar-refractivity contribution in [2.75, 3.05) is 5.32 Å². The molecule has 1 fully saturated rings. The Hall–Kier alpha value is -0.800. The van der Waals surface area contributed by atoms with Gasteiger partial charge in [-0.1, -0.05) is 11.6 Å². The number of nitrogens with zero attached hydrogens (tertiary/aromatic N) is 1. The molecular formula is C11H15ClN2O. The van der Waals surface area contributed by atoms with Crippen LogP contribution in [0.3, 0.4) is 0 Å². The Morgan fingerprint density at radius 3 is 2.73 bits per heavy atom. The maximum atomic E-state index is 9.38. The van der Waals surface area contributed by atoms with Crippen LogP contribution in [0.25, 0.3) is 0 Å². The van der Waals surface area contributed by atoms with E-state index < -0.39 is 0 Å². The van der Waals surface area contributed by atoms with Gasteiger partial charge in [0, 0.05) is 17.9 Å². The van der Waals surface area contributed by atoms with Gasteiger partial charge in [0.1, 0.15) is 5.15 Å². The molecule has 0 aromatic carbocycles. The zero-order valence-electron chi connectivity index (χ0n) is 8.49. The summed E-state index contributed by atoms with van der Waals surface area (Å²) in [5.74, 6) is 0. The van der Waals surface area contributed by atoms with E-state index in [2.05, 4.69) is 10.3 Å². The first-order valence-electron chi connectivity index (χ1n) is 5.30. The Kier molecular flexibility index (Phi) is 3.44. The molecule has 0 aliphatic heterocycles. The number of anilines is 1. The predicted molar refractivity (Wildman–Crippen MR) is 61.1 cm³/mol. The van der Waals surface area contributed by atoms with Crippen LogP contribution in [0.2, 0.25) is 5.15 Å². The second kappa shape index (κ2) is 4.81. The van der Waals surface area contributed by atoms with Crippen LogP contribution in [0.15, 0.2) is 18.3 Å². The molecule has 2 rings (SSSR count). The molecule has 1 aromatic rings. The summed E-state index contributed by atoms with van der Waals surface area (Å²) < 4.78 is 0. The molecule has 0 bridgehead atoms. The molecule has 1 aromatic heterocycles. The fourth-order valence-electron chi connectivity index (χ4n) is 1.95. The fraction of sp³-hybridized carbons (Fsp3) is 0.545. The second-order valence-electron chi connectivity index (χ2n) is 4.02. The van der Waals surface area contributed by atoms with Crippen molar-refractivity contribution >= 4 is 17.3 Å². The van der Waals surface area contributed by atoms with E-state index in [1.807, 2.05) is 12.1 Å². The van der Waals surface area contributed by atoms with Gasteiger partial charge in [-0.2, -0.15) is 0 Å². The molecule has 1 aliphatic rings. The van der Waals surface area contributed by atoms with E-state index in [-0.39, 0.29) is 6.10 Å². The van der Waals surface area contributed by atoms with Crippen molar-refractivity contribution in [1.29, 1.82) is 0 Å². The molecule has 3 nitrogen and oxygen atoms in total. The van der Waals surface area contributed by atoms with Crippen LogP contribution in [0.1, 0.15) is 25.7 Å². The van der Waals surface area contributed by atoms with Crippen LogP contribution in [-0.2, 0) is 0 Å². The van der Waals surface area contributed by atoms with Crippen molar-refractivity contribution < 1.29 is 5.11 Å². The summed E-state index contributed by atoms with van der Waals surface area (Å²) in [5.41, 5.74) is 1.01. The summed E-state index contributed by atoms with van der Waals surface area (Å²) in [6.07, 6.45) is 5.39. The van der Waals surface area contributed by atoms with Crippen molar-refractivity contribution in [3.05, 3.63) is 23.5 Å². The molecule has 0 saturated heterocycles. The van der Waals surface area contributed by atoms with E-state index in [0.717, 1.165) is 31.4 Å². The molecule has 0 radical (unpaired) electrons. The number of halogens is 1. The van der Waals surface area contributed by atoms with Gasteiger partial charge in [-0.05, 0) is 37.8 Å². The highest BCUT2D eigenvalue weighted by atomic mass is 35.5. The van der Waals surface area contributed by atoms with E-state index in [9.17, 15) is 5.11 Å². The van der Waals surface area contributed by atoms with Crippen LogP contribution in [-0.4, -0.2) is 22.2 Å². The third-order valence-electron chi connectivity index (χ3n) is 2.79. The Morgan fingerprint density at radius 1 is 1.33 bits per heavy atom. The molecule has 0 unspecified atom stereocenters. The molecule has 0 atom stereocenters. The first kappa shape index (κ1) is 10.7. The largest absolute Gasteiger partial charge is 0.393 e. The molecule has 1 aliphatic carbocycles. The monoisotopic (exact) mass is 226 g/mol. The number of hydrogen-bond donors (Lipinski definition) is 2. The van der Waals surface area contributed by atoms with Gasteiger partial charge in [-0.15, -0.1) is 0 Å². The van der Waals surface area contributed by atoms with Crippen LogP contribution in [0.4, 0.5) is 5.69 Å². The quantitative estimate of drug-likeness (QED) is 0.762. The fourth-order valence-corrected chi connectivity index (χ4v) is 2.12. The summed E-state index contributed by atoms with van der Waals surface area (Å²) in [7, 11) is 0. The van der Waals surface area contributed by atoms with Crippen molar-refractivity contribution in [3.8, 4) is 0 Å². The minimum atomic E-state index is -0.107. The molecule has 82 valence electrons. The number of hydrogen-bond acceptors (Lipinski definition) is 3. The molecule has 0 spiro atoms. The summed E-state index contributed by atoms with van der Waals surface area (Å²) in [6.45, 7) is 0. The van der Waals surface area contributed by atoms with E-state index in [1.165, 1.54) is 0 Å². The van der Waals surface area contributed by atoms with Gasteiger partial charge in [-0.25, -0.2) is 4.98 Å². The Labute approximate surface area is 94.5 Å². The lowest BCUT2D eigenvalue weighted by atomic mass is 9.93. The molecule has 15 heavy (non-hydrogen) atoms. The summed E-state index contributed by atoms with van der Waals surface area (Å²) in [5, 5.41) is 13.3. The number of rotatable bonds is 2. The standard InChI is InChI=1S/C11H15ClN2O/c12-11-7-9(5-6-13-11)14-8-1-3-10(15)4-2-8/h5-8,10,15H,1-4H2,(H,13,14). The Morgan fingerprint density at radius 2 is 2.07 bits per heavy atom. The minimum absolute atomic E-state index is 0.107. The zero-order valence-corrected chi connectivity index (χ0v) is 9.24. The van der Waals surface area contributed by atoms with Crippen LogP contribution in [0, 0.1) is 0 Å². The van der Waals surface area contributed by atoms with E-state index in [4.69, 9.17) is 11.6 Å². The summed E-state index contributed by atoms with van der Waals surface area (Å²) in [6, 6.07) is 4.19. The predicted octanol–water partition coefficient (Wildman–Crippen LogP) is 2.45. The Bertz CT molecular complexity index is 324. The van der Waals surface area contributed by atoms with Crippen molar-refractivity contribution in [2.45, 2.75) is 37.8 Å². The molecule has 1 heterocycles. The second-order valence-corrected chi connectivity index (χ2v) is 4.40. The van der Waals surface area contributed by atoms with Gasteiger partial charge in [0.2, 0.25) is 0 Å². The molecule has 2 N–H and O–H groups in total. The van der Waals surface area contributed by atoms with Gasteiger partial charge in [0.05, 0.1) is 6.10 Å². The maximum absolute atomic E-state index is 9.38. The molecule has 1 saturated carbocycles. The lowest BCUT2D eigenvalue weighted by molar-refractivity contribution is 0.126. The zero-order chi connectivity index (χ0) is 10.7. The van der Waals surface area contributed by atoms with Crippen molar-refractivity contribution in [2.24, 2.45) is 0 Å². The third kappa shape index (κ3) is 3.08. The van der Waals surface area contributed by atoms with E-state index in [0.29, 0.717) is 11.2 Å². The maximum Gasteiger partial charge on any atom is 0.131 e. The van der Waals surface area contributed by atoms with E-state index >= 15 is 0 Å². The molecular weight excluding hydrogens is 212 g/mol. The lowest BCUT2D eigenvalue weighted by Gasteiger charge is -2.26. The van der Waals surface area contributed by atoms with Crippen molar-refractivity contribution in [1.82, 2.24) is 4.98 Å². The highest BCUT2D eigenvalue weighted by Crippen LogP contribution is 2.22. The Balaban J connectivity index is 1.92. The molecule has 0 amide bonds. The van der Waals surface area contributed by atoms with E-state index in [1.54, 1.807) is 6.20 Å². The van der Waals surface area contributed by atoms with Crippen LogP contribution < -0.4 is 5.32 Å². The number of nitrogens with one attached hydrogen (secondary N) is 1. The summed E-state index contributed by atoms with van der Waals surface area (Å²) in [4.78, 5) is 3.93.